The molecule has 0 radical (unpaired) electrons. The van der Waals surface area contributed by atoms with Gasteiger partial charge in [0, 0.05) is 7.11 Å². The lowest BCUT2D eigenvalue weighted by Gasteiger charge is -2.22. The SMILES string of the molecule is COC(C)(C)Cn1[nH]nnc1=S. The molecule has 1 aromatic heterocycles. The Morgan fingerprint density at radius 3 is 2.75 bits per heavy atom. The van der Waals surface area contributed by atoms with Crippen LogP contribution in [0.1, 0.15) is 13.8 Å². The zero-order chi connectivity index (χ0) is 9.19. The van der Waals surface area contributed by atoms with E-state index in [2.05, 4.69) is 15.5 Å². The van der Waals surface area contributed by atoms with Gasteiger partial charge in [-0.2, -0.15) is 5.21 Å². The van der Waals surface area contributed by atoms with E-state index in [1.165, 1.54) is 0 Å². The van der Waals surface area contributed by atoms with Gasteiger partial charge in [0.1, 0.15) is 0 Å². The third-order valence-electron chi connectivity index (χ3n) is 1.62. The fraction of sp³-hybridized carbons (Fsp3) is 0.833. The first-order chi connectivity index (χ1) is 5.55. The lowest BCUT2D eigenvalue weighted by molar-refractivity contribution is 0.00466. The molecule has 0 aliphatic carbocycles. The number of tetrazole rings is 1. The molecule has 0 bridgehead atoms. The fourth-order valence-electron chi connectivity index (χ4n) is 0.764. The summed E-state index contributed by atoms with van der Waals surface area (Å²) in [6.45, 7) is 4.56. The number of methoxy groups -OCH3 is 1. The van der Waals surface area contributed by atoms with E-state index in [4.69, 9.17) is 17.0 Å². The smallest absolute Gasteiger partial charge is 0.238 e. The lowest BCUT2D eigenvalue weighted by atomic mass is 10.1. The Labute approximate surface area is 75.7 Å². The van der Waals surface area contributed by atoms with Crippen LogP contribution in [0.4, 0.5) is 0 Å². The molecule has 0 atom stereocenters. The van der Waals surface area contributed by atoms with Gasteiger partial charge in [-0.3, -0.25) is 0 Å². The quantitative estimate of drug-likeness (QED) is 0.711. The molecule has 0 aromatic carbocycles. The van der Waals surface area contributed by atoms with E-state index >= 15 is 0 Å². The molecular weight excluding hydrogens is 176 g/mol. The second kappa shape index (κ2) is 3.32. The van der Waals surface area contributed by atoms with Crippen molar-refractivity contribution in [1.29, 1.82) is 0 Å². The minimum atomic E-state index is -0.258. The first-order valence-electron chi connectivity index (χ1n) is 3.58. The summed E-state index contributed by atoms with van der Waals surface area (Å²) >= 11 is 4.90. The summed E-state index contributed by atoms with van der Waals surface area (Å²) in [6, 6.07) is 0. The zero-order valence-corrected chi connectivity index (χ0v) is 8.18. The Balaban J connectivity index is 2.77. The monoisotopic (exact) mass is 188 g/mol. The van der Waals surface area contributed by atoms with Crippen LogP contribution in [0.3, 0.4) is 0 Å². The third kappa shape index (κ3) is 2.12. The maximum Gasteiger partial charge on any atom is 0.238 e. The summed E-state index contributed by atoms with van der Waals surface area (Å²) in [6.07, 6.45) is 0. The molecule has 0 fully saturated rings. The van der Waals surface area contributed by atoms with Crippen LogP contribution in [0.5, 0.6) is 0 Å². The summed E-state index contributed by atoms with van der Waals surface area (Å²) in [5.41, 5.74) is -0.258. The number of nitrogens with zero attached hydrogens (tertiary/aromatic N) is 3. The average molecular weight is 188 g/mol. The van der Waals surface area contributed by atoms with E-state index in [0.29, 0.717) is 11.3 Å². The van der Waals surface area contributed by atoms with Gasteiger partial charge in [0.2, 0.25) is 4.77 Å². The molecule has 0 unspecified atom stereocenters. The van der Waals surface area contributed by atoms with Gasteiger partial charge in [0.05, 0.1) is 12.1 Å². The van der Waals surface area contributed by atoms with Gasteiger partial charge >= 0.3 is 0 Å². The van der Waals surface area contributed by atoms with Gasteiger partial charge in [0.15, 0.2) is 0 Å². The summed E-state index contributed by atoms with van der Waals surface area (Å²) in [5, 5.41) is 9.89. The van der Waals surface area contributed by atoms with E-state index in [-0.39, 0.29) is 5.60 Å². The van der Waals surface area contributed by atoms with Crippen LogP contribution >= 0.6 is 12.2 Å². The van der Waals surface area contributed by atoms with Crippen LogP contribution < -0.4 is 0 Å². The Kier molecular flexibility index (Phi) is 2.58. The van der Waals surface area contributed by atoms with Crippen molar-refractivity contribution >= 4 is 12.2 Å². The standard InChI is InChI=1S/C6H12N4OS/c1-6(2,11-3)4-10-5(12)7-8-9-10/h4H2,1-3H3,(H,7,9,12). The first-order valence-corrected chi connectivity index (χ1v) is 3.99. The molecule has 0 aliphatic heterocycles. The van der Waals surface area contributed by atoms with Crippen LogP contribution in [0.25, 0.3) is 0 Å². The number of aromatic nitrogens is 4. The summed E-state index contributed by atoms with van der Waals surface area (Å²) < 4.78 is 7.33. The van der Waals surface area contributed by atoms with Crippen molar-refractivity contribution in [2.45, 2.75) is 26.0 Å². The highest BCUT2D eigenvalue weighted by molar-refractivity contribution is 7.71. The molecule has 68 valence electrons. The zero-order valence-electron chi connectivity index (χ0n) is 7.37. The van der Waals surface area contributed by atoms with Crippen molar-refractivity contribution in [3.63, 3.8) is 0 Å². The van der Waals surface area contributed by atoms with E-state index in [1.54, 1.807) is 11.8 Å². The number of ether oxygens (including phenoxy) is 1. The molecule has 0 spiro atoms. The number of hydrogen-bond acceptors (Lipinski definition) is 4. The predicted molar refractivity (Wildman–Crippen MR) is 46.3 cm³/mol. The van der Waals surface area contributed by atoms with E-state index < -0.39 is 0 Å². The highest BCUT2D eigenvalue weighted by atomic mass is 32.1. The molecule has 12 heavy (non-hydrogen) atoms. The van der Waals surface area contributed by atoms with Crippen molar-refractivity contribution < 1.29 is 4.74 Å². The Morgan fingerprint density at radius 2 is 2.33 bits per heavy atom. The van der Waals surface area contributed by atoms with E-state index in [9.17, 15) is 0 Å². The van der Waals surface area contributed by atoms with Crippen LogP contribution in [0.2, 0.25) is 0 Å². The molecule has 0 saturated heterocycles. The third-order valence-corrected chi connectivity index (χ3v) is 1.93. The van der Waals surface area contributed by atoms with E-state index in [0.717, 1.165) is 0 Å². The van der Waals surface area contributed by atoms with Crippen molar-refractivity contribution in [1.82, 2.24) is 20.2 Å². The van der Waals surface area contributed by atoms with Gasteiger partial charge in [0.25, 0.3) is 0 Å². The first kappa shape index (κ1) is 9.34. The molecule has 1 heterocycles. The van der Waals surface area contributed by atoms with Gasteiger partial charge in [-0.25, -0.2) is 4.68 Å². The highest BCUT2D eigenvalue weighted by Crippen LogP contribution is 2.09. The maximum atomic E-state index is 5.22. The molecule has 0 aliphatic rings. The summed E-state index contributed by atoms with van der Waals surface area (Å²) in [5.74, 6) is 0. The fourth-order valence-corrected chi connectivity index (χ4v) is 0.910. The molecular formula is C6H12N4OS. The molecule has 1 N–H and O–H groups in total. The van der Waals surface area contributed by atoms with Crippen LogP contribution in [0.15, 0.2) is 0 Å². The van der Waals surface area contributed by atoms with Gasteiger partial charge in [-0.15, -0.1) is 0 Å². The summed E-state index contributed by atoms with van der Waals surface area (Å²) in [7, 11) is 1.66. The second-order valence-corrected chi connectivity index (χ2v) is 3.50. The Morgan fingerprint density at radius 1 is 1.67 bits per heavy atom. The highest BCUT2D eigenvalue weighted by Gasteiger charge is 2.17. The van der Waals surface area contributed by atoms with Crippen molar-refractivity contribution in [3.8, 4) is 0 Å². The lowest BCUT2D eigenvalue weighted by Crippen LogP contribution is -2.29. The number of nitrogens with one attached hydrogen (secondary N) is 1. The normalized spacial score (nSPS) is 11.9. The van der Waals surface area contributed by atoms with Crippen LogP contribution in [-0.4, -0.2) is 32.9 Å². The van der Waals surface area contributed by atoms with Crippen molar-refractivity contribution in [2.24, 2.45) is 0 Å². The number of hydrogen-bond donors (Lipinski definition) is 1. The molecule has 5 nitrogen and oxygen atoms in total. The topological polar surface area (TPSA) is 55.7 Å². The molecule has 0 saturated carbocycles. The van der Waals surface area contributed by atoms with Gasteiger partial charge in [-0.05, 0) is 26.1 Å². The minimum Gasteiger partial charge on any atom is -0.377 e. The molecule has 0 amide bonds. The molecule has 1 rings (SSSR count). The number of H-pyrrole nitrogens is 1. The maximum absolute atomic E-state index is 5.22. The van der Waals surface area contributed by atoms with E-state index in [1.807, 2.05) is 13.8 Å². The minimum absolute atomic E-state index is 0.258. The summed E-state index contributed by atoms with van der Waals surface area (Å²) in [4.78, 5) is 0. The second-order valence-electron chi connectivity index (χ2n) is 3.13. The van der Waals surface area contributed by atoms with Crippen molar-refractivity contribution in [2.75, 3.05) is 7.11 Å². The van der Waals surface area contributed by atoms with Gasteiger partial charge < -0.3 is 4.74 Å². The van der Waals surface area contributed by atoms with Gasteiger partial charge in [-0.1, -0.05) is 10.3 Å². The van der Waals surface area contributed by atoms with Crippen LogP contribution in [0, 0.1) is 4.77 Å². The number of aromatic amines is 1. The Bertz CT molecular complexity index is 302. The van der Waals surface area contributed by atoms with Crippen LogP contribution in [-0.2, 0) is 11.3 Å². The number of rotatable bonds is 3. The molecule has 6 heteroatoms. The average Bonchev–Trinajstić information content (AvgIpc) is 2.36. The Hall–Kier alpha value is -0.750. The van der Waals surface area contributed by atoms with Crippen molar-refractivity contribution in [3.05, 3.63) is 4.77 Å². The predicted octanol–water partition coefficient (Wildman–Crippen LogP) is 0.761. The molecule has 1 aromatic rings. The largest absolute Gasteiger partial charge is 0.377 e.